The number of rotatable bonds is 11. The van der Waals surface area contributed by atoms with Gasteiger partial charge in [-0.25, -0.2) is 0 Å². The molecule has 2 atom stereocenters. The summed E-state index contributed by atoms with van der Waals surface area (Å²) in [7, 11) is -8.21. The highest BCUT2D eigenvalue weighted by molar-refractivity contribution is 8.03. The van der Waals surface area contributed by atoms with Crippen LogP contribution in [-0.2, 0) is 26.7 Å². The van der Waals surface area contributed by atoms with Gasteiger partial charge in [-0.15, -0.1) is 0 Å². The number of allylic oxidation sites excluding steroid dienone is 5. The summed E-state index contributed by atoms with van der Waals surface area (Å²) in [6, 6.07) is 12.0. The first kappa shape index (κ1) is 31.8. The molecular weight excluding hydrogens is 602 g/mol. The summed E-state index contributed by atoms with van der Waals surface area (Å²) in [4.78, 5) is 3.07. The van der Waals surface area contributed by atoms with E-state index in [0.29, 0.717) is 18.0 Å². The zero-order valence-corrected chi connectivity index (χ0v) is 26.8. The van der Waals surface area contributed by atoms with Crippen LogP contribution in [0.3, 0.4) is 0 Å². The molecule has 2 aliphatic rings. The standard InChI is InChI=1S/C30H36ClNO6S3/c1-5-22(12-24-14-23-7-6-19(2)10-26(23)27(24)11-20(3)17-40(33,34)35)13-30-32(16-21(4)18-41(36,37)38)28-15-25(31)8-9-29(28)39-30/h6-10,12-13,15,20-21H,5,11,14,16-18H2,1-4H3,(H,33,34,35)(H,36,37,38). The Kier molecular flexibility index (Phi) is 9.83. The number of anilines is 1. The Morgan fingerprint density at radius 3 is 2.39 bits per heavy atom. The van der Waals surface area contributed by atoms with Gasteiger partial charge in [-0.1, -0.05) is 74.0 Å². The van der Waals surface area contributed by atoms with E-state index in [1.54, 1.807) is 18.7 Å². The fourth-order valence-electron chi connectivity index (χ4n) is 5.48. The van der Waals surface area contributed by atoms with E-state index < -0.39 is 20.2 Å². The van der Waals surface area contributed by atoms with Crippen LogP contribution in [0.2, 0.25) is 5.02 Å². The second-order valence-electron chi connectivity index (χ2n) is 11.1. The van der Waals surface area contributed by atoms with Crippen LogP contribution in [-0.4, -0.2) is 44.0 Å². The molecule has 1 heterocycles. The third-order valence-electron chi connectivity index (χ3n) is 7.17. The van der Waals surface area contributed by atoms with Crippen molar-refractivity contribution in [2.45, 2.75) is 51.9 Å². The third kappa shape index (κ3) is 8.49. The predicted octanol–water partition coefficient (Wildman–Crippen LogP) is 7.19. The van der Waals surface area contributed by atoms with Crippen molar-refractivity contribution in [2.75, 3.05) is 23.0 Å². The zero-order chi connectivity index (χ0) is 30.1. The van der Waals surface area contributed by atoms with Crippen molar-refractivity contribution in [2.24, 2.45) is 11.8 Å². The van der Waals surface area contributed by atoms with Crippen molar-refractivity contribution in [3.05, 3.63) is 86.4 Å². The highest BCUT2D eigenvalue weighted by atomic mass is 35.5. The van der Waals surface area contributed by atoms with Crippen LogP contribution < -0.4 is 4.90 Å². The quantitative estimate of drug-likeness (QED) is 0.249. The molecule has 0 spiro atoms. The van der Waals surface area contributed by atoms with Gasteiger partial charge in [0.1, 0.15) is 0 Å². The van der Waals surface area contributed by atoms with Gasteiger partial charge < -0.3 is 4.90 Å². The summed E-state index contributed by atoms with van der Waals surface area (Å²) in [5.41, 5.74) is 7.62. The molecule has 0 fully saturated rings. The van der Waals surface area contributed by atoms with Crippen LogP contribution >= 0.6 is 23.4 Å². The lowest BCUT2D eigenvalue weighted by Crippen LogP contribution is -2.28. The molecule has 0 saturated carbocycles. The molecular formula is C30H36ClNO6S3. The van der Waals surface area contributed by atoms with Crippen molar-refractivity contribution in [3.63, 3.8) is 0 Å². The molecule has 2 N–H and O–H groups in total. The van der Waals surface area contributed by atoms with Gasteiger partial charge in [-0.05, 0) is 90.1 Å². The lowest BCUT2D eigenvalue weighted by Gasteiger charge is -2.24. The molecule has 7 nitrogen and oxygen atoms in total. The first-order valence-electron chi connectivity index (χ1n) is 13.5. The van der Waals surface area contributed by atoms with Gasteiger partial charge in [0, 0.05) is 16.5 Å². The SMILES string of the molecule is CCC(=CC1=C(CC(C)CS(=O)(=O)O)c2cc(C)ccc2C1)C=C1Sc2ccc(Cl)cc2N1CC(C)CS(=O)(=O)O. The Morgan fingerprint density at radius 2 is 1.73 bits per heavy atom. The Morgan fingerprint density at radius 1 is 1.05 bits per heavy atom. The van der Waals surface area contributed by atoms with Crippen molar-refractivity contribution in [1.82, 2.24) is 0 Å². The Balaban J connectivity index is 1.73. The molecule has 41 heavy (non-hydrogen) atoms. The topological polar surface area (TPSA) is 112 Å². The van der Waals surface area contributed by atoms with Crippen LogP contribution in [0.4, 0.5) is 5.69 Å². The highest BCUT2D eigenvalue weighted by Gasteiger charge is 2.29. The van der Waals surface area contributed by atoms with Gasteiger partial charge in [-0.2, -0.15) is 16.8 Å². The number of benzene rings is 2. The molecule has 0 radical (unpaired) electrons. The summed E-state index contributed by atoms with van der Waals surface area (Å²) in [5.74, 6) is -1.24. The predicted molar refractivity (Wildman–Crippen MR) is 169 cm³/mol. The van der Waals surface area contributed by atoms with E-state index in [-0.39, 0.29) is 23.3 Å². The zero-order valence-electron chi connectivity index (χ0n) is 23.6. The van der Waals surface area contributed by atoms with Gasteiger partial charge in [0.05, 0.1) is 22.2 Å². The second kappa shape index (κ2) is 12.7. The summed E-state index contributed by atoms with van der Waals surface area (Å²) >= 11 is 7.90. The van der Waals surface area contributed by atoms with E-state index in [0.717, 1.165) is 56.3 Å². The number of hydrogen-bond acceptors (Lipinski definition) is 6. The maximum atomic E-state index is 11.6. The van der Waals surface area contributed by atoms with Gasteiger partial charge in [0.2, 0.25) is 0 Å². The Bertz CT molecular complexity index is 1640. The minimum absolute atomic E-state index is 0.261. The first-order valence-corrected chi connectivity index (χ1v) is 17.9. The summed E-state index contributed by atoms with van der Waals surface area (Å²) in [5, 5.41) is 1.52. The second-order valence-corrected chi connectivity index (χ2v) is 15.6. The number of fused-ring (bicyclic) bond motifs is 2. The minimum atomic E-state index is -4.12. The van der Waals surface area contributed by atoms with Gasteiger partial charge in [-0.3, -0.25) is 9.11 Å². The number of hydrogen-bond donors (Lipinski definition) is 2. The summed E-state index contributed by atoms with van der Waals surface area (Å²) in [6.45, 7) is 8.12. The van der Waals surface area contributed by atoms with E-state index in [2.05, 4.69) is 42.2 Å². The molecule has 2 aromatic rings. The summed E-state index contributed by atoms with van der Waals surface area (Å²) < 4.78 is 65.1. The molecule has 1 aliphatic heterocycles. The van der Waals surface area contributed by atoms with Crippen LogP contribution in [0.15, 0.2) is 69.6 Å². The van der Waals surface area contributed by atoms with E-state index in [9.17, 15) is 25.9 Å². The minimum Gasteiger partial charge on any atom is -0.335 e. The van der Waals surface area contributed by atoms with Crippen molar-refractivity contribution < 1.29 is 25.9 Å². The highest BCUT2D eigenvalue weighted by Crippen LogP contribution is 2.48. The molecule has 1 aliphatic carbocycles. The summed E-state index contributed by atoms with van der Waals surface area (Å²) in [6.07, 6.45) is 6.28. The normalized spacial score (nSPS) is 18.2. The molecule has 0 amide bonds. The molecule has 2 aromatic carbocycles. The molecule has 11 heteroatoms. The lowest BCUT2D eigenvalue weighted by atomic mass is 9.94. The van der Waals surface area contributed by atoms with Crippen molar-refractivity contribution in [1.29, 1.82) is 0 Å². The first-order chi connectivity index (χ1) is 19.1. The molecule has 0 bridgehead atoms. The smallest absolute Gasteiger partial charge is 0.265 e. The number of thioether (sulfide) groups is 1. The monoisotopic (exact) mass is 637 g/mol. The largest absolute Gasteiger partial charge is 0.335 e. The molecule has 0 saturated heterocycles. The maximum Gasteiger partial charge on any atom is 0.265 e. The fourth-order valence-corrected chi connectivity index (χ4v) is 8.43. The average molecular weight is 638 g/mol. The van der Waals surface area contributed by atoms with Crippen molar-refractivity contribution in [3.8, 4) is 0 Å². The average Bonchev–Trinajstić information content (AvgIpc) is 3.33. The molecule has 222 valence electrons. The van der Waals surface area contributed by atoms with Crippen LogP contribution in [0, 0.1) is 18.8 Å². The maximum absolute atomic E-state index is 11.6. The Hall–Kier alpha value is -2.08. The molecule has 4 rings (SSSR count). The number of nitrogens with zero attached hydrogens (tertiary/aromatic N) is 1. The van der Waals surface area contributed by atoms with E-state index in [4.69, 9.17) is 11.6 Å². The van der Waals surface area contributed by atoms with Gasteiger partial charge in [0.25, 0.3) is 20.2 Å². The molecule has 0 aromatic heterocycles. The van der Waals surface area contributed by atoms with Crippen LogP contribution in [0.25, 0.3) is 5.57 Å². The van der Waals surface area contributed by atoms with Crippen LogP contribution in [0.5, 0.6) is 0 Å². The number of halogens is 1. The van der Waals surface area contributed by atoms with E-state index in [1.165, 1.54) is 5.56 Å². The van der Waals surface area contributed by atoms with Crippen molar-refractivity contribution >= 4 is 54.9 Å². The lowest BCUT2D eigenvalue weighted by molar-refractivity contribution is 0.467. The van der Waals surface area contributed by atoms with Gasteiger partial charge in [0.15, 0.2) is 0 Å². The third-order valence-corrected chi connectivity index (χ3v) is 10.5. The fraction of sp³-hybridized carbons (Fsp3) is 0.400. The van der Waals surface area contributed by atoms with Crippen LogP contribution in [0.1, 0.15) is 50.3 Å². The molecule has 2 unspecified atom stereocenters. The van der Waals surface area contributed by atoms with Gasteiger partial charge >= 0.3 is 0 Å². The Labute approximate surface area is 252 Å². The van der Waals surface area contributed by atoms with E-state index in [1.807, 2.05) is 32.0 Å². The number of aryl methyl sites for hydroxylation is 1. The van der Waals surface area contributed by atoms with E-state index >= 15 is 0 Å².